The highest BCUT2D eigenvalue weighted by atomic mass is 35.5. The minimum absolute atomic E-state index is 0.104. The number of halogens is 1. The number of hydrogen-bond donors (Lipinski definition) is 2. The molecule has 2 N–H and O–H groups in total. The number of carbonyl (C=O) groups excluding carboxylic acids is 1. The van der Waals surface area contributed by atoms with Gasteiger partial charge in [0.1, 0.15) is 4.88 Å². The number of carbonyl (C=O) groups is 1. The van der Waals surface area contributed by atoms with Crippen molar-refractivity contribution in [3.63, 3.8) is 0 Å². The van der Waals surface area contributed by atoms with Crippen LogP contribution >= 0.6 is 22.9 Å². The first-order valence-corrected chi connectivity index (χ1v) is 8.21. The minimum atomic E-state index is -0.411. The Morgan fingerprint density at radius 2 is 2.26 bits per heavy atom. The number of fused-ring (bicyclic) bond motifs is 1. The quantitative estimate of drug-likeness (QED) is 0.553. The molecule has 0 saturated heterocycles. The second-order valence-electron chi connectivity index (χ2n) is 5.27. The highest BCUT2D eigenvalue weighted by Crippen LogP contribution is 2.40. The summed E-state index contributed by atoms with van der Waals surface area (Å²) < 4.78 is 5.47. The summed E-state index contributed by atoms with van der Waals surface area (Å²) in [5.74, 6) is 1.36. The van der Waals surface area contributed by atoms with E-state index in [2.05, 4.69) is 25.5 Å². The van der Waals surface area contributed by atoms with E-state index >= 15 is 0 Å². The summed E-state index contributed by atoms with van der Waals surface area (Å²) in [4.78, 5) is 20.5. The highest BCUT2D eigenvalue weighted by Gasteiger charge is 2.25. The first-order chi connectivity index (χ1) is 11.1. The van der Waals surface area contributed by atoms with Gasteiger partial charge < -0.3 is 10.1 Å². The number of methoxy groups -OCH3 is 1. The van der Waals surface area contributed by atoms with Gasteiger partial charge in [-0.05, 0) is 30.5 Å². The molecule has 0 aromatic carbocycles. The molecule has 3 aromatic heterocycles. The van der Waals surface area contributed by atoms with Gasteiger partial charge in [0.15, 0.2) is 11.6 Å². The Morgan fingerprint density at radius 1 is 1.43 bits per heavy atom. The number of H-pyrrole nitrogens is 1. The van der Waals surface area contributed by atoms with Crippen molar-refractivity contribution in [3.8, 4) is 0 Å². The number of rotatable bonds is 4. The van der Waals surface area contributed by atoms with Crippen molar-refractivity contribution in [3.05, 3.63) is 28.0 Å². The van der Waals surface area contributed by atoms with E-state index in [1.165, 1.54) is 31.3 Å². The van der Waals surface area contributed by atoms with E-state index in [9.17, 15) is 4.79 Å². The number of aromatic nitrogens is 4. The molecule has 0 aliphatic heterocycles. The van der Waals surface area contributed by atoms with Gasteiger partial charge in [-0.3, -0.25) is 5.10 Å². The van der Waals surface area contributed by atoms with Crippen molar-refractivity contribution in [1.82, 2.24) is 20.2 Å². The maximum atomic E-state index is 11.7. The molecule has 0 bridgehead atoms. The molecule has 9 heteroatoms. The fourth-order valence-corrected chi connectivity index (χ4v) is 3.45. The number of hydrogen-bond acceptors (Lipinski definition) is 7. The largest absolute Gasteiger partial charge is 0.465 e. The van der Waals surface area contributed by atoms with Crippen LogP contribution < -0.4 is 5.32 Å². The number of anilines is 2. The molecule has 3 heterocycles. The number of esters is 1. The van der Waals surface area contributed by atoms with E-state index in [4.69, 9.17) is 16.3 Å². The van der Waals surface area contributed by atoms with Gasteiger partial charge in [-0.15, -0.1) is 11.3 Å². The normalized spacial score (nSPS) is 14.2. The van der Waals surface area contributed by atoms with Crippen LogP contribution in [0.25, 0.3) is 10.2 Å². The molecule has 23 heavy (non-hydrogen) atoms. The first kappa shape index (κ1) is 14.4. The van der Waals surface area contributed by atoms with Crippen molar-refractivity contribution in [2.45, 2.75) is 18.8 Å². The lowest BCUT2D eigenvalue weighted by molar-refractivity contribution is 0.0606. The zero-order chi connectivity index (χ0) is 16.0. The third-order valence-electron chi connectivity index (χ3n) is 3.59. The molecule has 1 aliphatic carbocycles. The summed E-state index contributed by atoms with van der Waals surface area (Å²) in [7, 11) is 1.34. The predicted molar refractivity (Wildman–Crippen MR) is 87.6 cm³/mol. The summed E-state index contributed by atoms with van der Waals surface area (Å²) in [6.07, 6.45) is 2.39. The van der Waals surface area contributed by atoms with Crippen molar-refractivity contribution in [2.75, 3.05) is 12.4 Å². The molecule has 0 radical (unpaired) electrons. The molecule has 0 amide bonds. The van der Waals surface area contributed by atoms with Crippen LogP contribution in [0.4, 0.5) is 11.6 Å². The fraction of sp³-hybridized carbons (Fsp3) is 0.286. The van der Waals surface area contributed by atoms with Gasteiger partial charge in [-0.2, -0.15) is 10.1 Å². The summed E-state index contributed by atoms with van der Waals surface area (Å²) >= 11 is 7.23. The summed E-state index contributed by atoms with van der Waals surface area (Å²) in [6.45, 7) is 0. The van der Waals surface area contributed by atoms with Crippen LogP contribution in [-0.2, 0) is 4.74 Å². The number of thiophene rings is 1. The lowest BCUT2D eigenvalue weighted by atomic mass is 10.3. The number of nitrogens with one attached hydrogen (secondary N) is 2. The summed E-state index contributed by atoms with van der Waals surface area (Å²) in [5.41, 5.74) is 1.71. The smallest absolute Gasteiger partial charge is 0.348 e. The lowest BCUT2D eigenvalue weighted by Gasteiger charge is -2.03. The van der Waals surface area contributed by atoms with Gasteiger partial charge in [-0.1, -0.05) is 0 Å². The zero-order valence-corrected chi connectivity index (χ0v) is 13.7. The van der Waals surface area contributed by atoms with Gasteiger partial charge in [-0.25, -0.2) is 9.78 Å². The van der Waals surface area contributed by atoms with Crippen molar-refractivity contribution in [2.24, 2.45) is 0 Å². The zero-order valence-electron chi connectivity index (χ0n) is 12.1. The maximum absolute atomic E-state index is 11.7. The van der Waals surface area contributed by atoms with E-state index in [-0.39, 0.29) is 5.28 Å². The molecular weight excluding hydrogens is 338 g/mol. The van der Waals surface area contributed by atoms with Crippen LogP contribution in [0, 0.1) is 0 Å². The van der Waals surface area contributed by atoms with Gasteiger partial charge in [0.05, 0.1) is 17.3 Å². The molecule has 0 spiro atoms. The van der Waals surface area contributed by atoms with Crippen LogP contribution in [0.5, 0.6) is 0 Å². The molecule has 118 valence electrons. The molecule has 0 unspecified atom stereocenters. The Hall–Kier alpha value is -2.19. The third kappa shape index (κ3) is 2.75. The molecule has 7 nitrogen and oxygen atoms in total. The number of nitrogens with zero attached hydrogens (tertiary/aromatic N) is 3. The van der Waals surface area contributed by atoms with Gasteiger partial charge in [0.25, 0.3) is 0 Å². The van der Waals surface area contributed by atoms with Gasteiger partial charge in [0.2, 0.25) is 5.28 Å². The average molecular weight is 350 g/mol. The Balaban J connectivity index is 1.72. The van der Waals surface area contributed by atoms with Gasteiger partial charge >= 0.3 is 5.97 Å². The molecular formula is C14H12ClN5O2S. The SMILES string of the molecule is COC(=O)c1cc2nc(Cl)nc(Nc3cc(C4CC4)[nH]n3)c2s1. The summed E-state index contributed by atoms with van der Waals surface area (Å²) in [6, 6.07) is 3.61. The van der Waals surface area contributed by atoms with Crippen LogP contribution in [0.3, 0.4) is 0 Å². The maximum Gasteiger partial charge on any atom is 0.348 e. The molecule has 0 atom stereocenters. The Morgan fingerprint density at radius 3 is 3.00 bits per heavy atom. The van der Waals surface area contributed by atoms with Crippen molar-refractivity contribution in [1.29, 1.82) is 0 Å². The van der Waals surface area contributed by atoms with E-state index in [1.807, 2.05) is 6.07 Å². The molecule has 1 saturated carbocycles. The van der Waals surface area contributed by atoms with Gasteiger partial charge in [0, 0.05) is 17.7 Å². The third-order valence-corrected chi connectivity index (χ3v) is 4.87. The Kier molecular flexibility index (Phi) is 3.42. The highest BCUT2D eigenvalue weighted by molar-refractivity contribution is 7.21. The van der Waals surface area contributed by atoms with E-state index in [1.54, 1.807) is 6.07 Å². The topological polar surface area (TPSA) is 92.8 Å². The molecule has 1 aliphatic rings. The Bertz CT molecular complexity index is 902. The van der Waals surface area contributed by atoms with E-state index in [0.29, 0.717) is 27.9 Å². The number of ether oxygens (including phenoxy) is 1. The molecule has 4 rings (SSSR count). The van der Waals surface area contributed by atoms with Crippen molar-refractivity contribution < 1.29 is 9.53 Å². The minimum Gasteiger partial charge on any atom is -0.465 e. The van der Waals surface area contributed by atoms with Crippen LogP contribution in [0.15, 0.2) is 12.1 Å². The monoisotopic (exact) mass is 349 g/mol. The fourth-order valence-electron chi connectivity index (χ4n) is 2.31. The second kappa shape index (κ2) is 5.47. The van der Waals surface area contributed by atoms with E-state index < -0.39 is 5.97 Å². The second-order valence-corrected chi connectivity index (χ2v) is 6.66. The lowest BCUT2D eigenvalue weighted by Crippen LogP contribution is -1.96. The summed E-state index contributed by atoms with van der Waals surface area (Å²) in [5, 5.41) is 10.5. The van der Waals surface area contributed by atoms with Crippen LogP contribution in [-0.4, -0.2) is 33.2 Å². The standard InChI is InChI=1S/C14H12ClN5O2S/c1-22-13(21)9-4-8-11(23-9)12(18-14(15)16-8)17-10-5-7(19-20-10)6-2-3-6/h4-6H,2-3H2,1H3,(H2,16,17,18,19,20). The molecule has 1 fully saturated rings. The van der Waals surface area contributed by atoms with Crippen LogP contribution in [0.2, 0.25) is 5.28 Å². The van der Waals surface area contributed by atoms with Crippen LogP contribution in [0.1, 0.15) is 34.1 Å². The Labute approximate surface area is 140 Å². The average Bonchev–Trinajstić information content (AvgIpc) is 3.12. The molecule has 3 aromatic rings. The predicted octanol–water partition coefficient (Wildman–Crippen LogP) is 3.48. The first-order valence-electron chi connectivity index (χ1n) is 7.02. The number of aromatic amines is 1. The van der Waals surface area contributed by atoms with Crippen molar-refractivity contribution >= 4 is 50.8 Å². The van der Waals surface area contributed by atoms with E-state index in [0.717, 1.165) is 10.4 Å².